The molecule has 2 aromatic rings. The molecule has 0 bridgehead atoms. The van der Waals surface area contributed by atoms with Crippen molar-refractivity contribution >= 4 is 32.5 Å². The zero-order chi connectivity index (χ0) is 13.2. The Balaban J connectivity index is 2.05. The molecule has 0 amide bonds. The van der Waals surface area contributed by atoms with E-state index in [0.717, 1.165) is 40.2 Å². The first kappa shape index (κ1) is 12.8. The number of carbonyl (C=O) groups is 1. The molecule has 0 radical (unpaired) electrons. The number of carbonyl (C=O) groups excluding carboxylic acids is 1. The van der Waals surface area contributed by atoms with E-state index >= 15 is 0 Å². The van der Waals surface area contributed by atoms with Gasteiger partial charge in [-0.05, 0) is 42.3 Å². The molecule has 1 atom stereocenters. The van der Waals surface area contributed by atoms with Gasteiger partial charge in [-0.2, -0.15) is 0 Å². The molecule has 0 aliphatic carbocycles. The van der Waals surface area contributed by atoms with Gasteiger partial charge in [-0.25, -0.2) is 0 Å². The van der Waals surface area contributed by atoms with E-state index in [0.29, 0.717) is 0 Å². The monoisotopic (exact) mass is 317 g/mol. The number of halogens is 1. The summed E-state index contributed by atoms with van der Waals surface area (Å²) in [5.74, 6) is 0.225. The van der Waals surface area contributed by atoms with Gasteiger partial charge in [0, 0.05) is 10.0 Å². The molecule has 0 saturated carbocycles. The van der Waals surface area contributed by atoms with Crippen molar-refractivity contribution in [2.45, 2.75) is 25.3 Å². The lowest BCUT2D eigenvalue weighted by atomic mass is 9.93. The third-order valence-electron chi connectivity index (χ3n) is 3.76. The molecule has 2 aromatic carbocycles. The van der Waals surface area contributed by atoms with E-state index in [1.807, 2.05) is 36.4 Å². The Bertz CT molecular complexity index is 617. The van der Waals surface area contributed by atoms with Gasteiger partial charge in [-0.1, -0.05) is 46.6 Å². The fourth-order valence-electron chi connectivity index (χ4n) is 2.74. The lowest BCUT2D eigenvalue weighted by Gasteiger charge is -2.22. The fraction of sp³-hybridized carbons (Fsp3) is 0.312. The largest absolute Gasteiger partial charge is 0.307 e. The number of piperidine rings is 1. The van der Waals surface area contributed by atoms with Gasteiger partial charge in [0.2, 0.25) is 0 Å². The molecular weight excluding hydrogens is 302 g/mol. The lowest BCUT2D eigenvalue weighted by Crippen LogP contribution is -2.40. The Kier molecular flexibility index (Phi) is 3.67. The molecule has 1 unspecified atom stereocenters. The summed E-state index contributed by atoms with van der Waals surface area (Å²) in [5, 5.41) is 5.47. The summed E-state index contributed by atoms with van der Waals surface area (Å²) in [6.07, 6.45) is 3.26. The van der Waals surface area contributed by atoms with E-state index in [1.165, 1.54) is 6.42 Å². The number of ketones is 1. The Hall–Kier alpha value is -1.19. The molecule has 1 aliphatic heterocycles. The van der Waals surface area contributed by atoms with Crippen LogP contribution in [0.5, 0.6) is 0 Å². The molecule has 19 heavy (non-hydrogen) atoms. The first-order valence-electron chi connectivity index (χ1n) is 6.72. The maximum Gasteiger partial charge on any atom is 0.180 e. The van der Waals surface area contributed by atoms with Crippen molar-refractivity contribution in [2.75, 3.05) is 6.54 Å². The van der Waals surface area contributed by atoms with Crippen molar-refractivity contribution in [3.8, 4) is 0 Å². The van der Waals surface area contributed by atoms with Gasteiger partial charge in [0.1, 0.15) is 0 Å². The van der Waals surface area contributed by atoms with Crippen LogP contribution in [0.15, 0.2) is 40.9 Å². The van der Waals surface area contributed by atoms with E-state index in [4.69, 9.17) is 0 Å². The maximum absolute atomic E-state index is 12.6. The molecule has 0 spiro atoms. The highest BCUT2D eigenvalue weighted by atomic mass is 79.9. The first-order valence-corrected chi connectivity index (χ1v) is 7.51. The molecule has 98 valence electrons. The molecule has 3 rings (SSSR count). The second kappa shape index (κ2) is 5.43. The molecule has 1 heterocycles. The van der Waals surface area contributed by atoms with Crippen LogP contribution in [0.3, 0.4) is 0 Å². The van der Waals surface area contributed by atoms with E-state index in [2.05, 4.69) is 21.2 Å². The molecule has 1 N–H and O–H groups in total. The summed E-state index contributed by atoms with van der Waals surface area (Å²) in [7, 11) is 0. The standard InChI is InChI=1S/C16H16BrNO/c17-14-9-8-13(11-5-1-2-6-12(11)14)16(19)15-7-3-4-10-18-15/h1-2,5-6,8-9,15,18H,3-4,7,10H2. The van der Waals surface area contributed by atoms with Gasteiger partial charge in [0.15, 0.2) is 5.78 Å². The predicted molar refractivity (Wildman–Crippen MR) is 81.6 cm³/mol. The highest BCUT2D eigenvalue weighted by Gasteiger charge is 2.23. The zero-order valence-electron chi connectivity index (χ0n) is 10.7. The molecule has 2 nitrogen and oxygen atoms in total. The summed E-state index contributed by atoms with van der Waals surface area (Å²) >= 11 is 3.55. The Labute approximate surface area is 121 Å². The van der Waals surface area contributed by atoms with E-state index in [9.17, 15) is 4.79 Å². The van der Waals surface area contributed by atoms with Crippen molar-refractivity contribution in [3.63, 3.8) is 0 Å². The minimum atomic E-state index is -0.0154. The van der Waals surface area contributed by atoms with Crippen LogP contribution < -0.4 is 5.32 Å². The van der Waals surface area contributed by atoms with E-state index < -0.39 is 0 Å². The molecular formula is C16H16BrNO. The van der Waals surface area contributed by atoms with Gasteiger partial charge in [0.25, 0.3) is 0 Å². The summed E-state index contributed by atoms with van der Waals surface area (Å²) in [6.45, 7) is 0.949. The van der Waals surface area contributed by atoms with Crippen molar-refractivity contribution in [1.29, 1.82) is 0 Å². The Morgan fingerprint density at radius 1 is 1.11 bits per heavy atom. The van der Waals surface area contributed by atoms with Crippen LogP contribution in [-0.4, -0.2) is 18.4 Å². The number of fused-ring (bicyclic) bond motifs is 1. The van der Waals surface area contributed by atoms with E-state index in [-0.39, 0.29) is 11.8 Å². The average molecular weight is 318 g/mol. The van der Waals surface area contributed by atoms with Gasteiger partial charge < -0.3 is 5.32 Å². The van der Waals surface area contributed by atoms with Crippen LogP contribution in [0.2, 0.25) is 0 Å². The number of hydrogen-bond acceptors (Lipinski definition) is 2. The summed E-state index contributed by atoms with van der Waals surface area (Å²) < 4.78 is 1.04. The highest BCUT2D eigenvalue weighted by molar-refractivity contribution is 9.10. The Morgan fingerprint density at radius 3 is 2.63 bits per heavy atom. The maximum atomic E-state index is 12.6. The van der Waals surface area contributed by atoms with Crippen molar-refractivity contribution in [3.05, 3.63) is 46.4 Å². The number of nitrogens with one attached hydrogen (secondary N) is 1. The van der Waals surface area contributed by atoms with Crippen LogP contribution in [0.4, 0.5) is 0 Å². The number of benzene rings is 2. The summed E-state index contributed by atoms with van der Waals surface area (Å²) in [5.41, 5.74) is 0.832. The number of Topliss-reactive ketones (excluding diaryl/α,β-unsaturated/α-hetero) is 1. The average Bonchev–Trinajstić information content (AvgIpc) is 2.48. The van der Waals surface area contributed by atoms with Gasteiger partial charge >= 0.3 is 0 Å². The minimum absolute atomic E-state index is 0.0154. The quantitative estimate of drug-likeness (QED) is 0.850. The first-order chi connectivity index (χ1) is 9.27. The normalized spacial score (nSPS) is 19.5. The van der Waals surface area contributed by atoms with E-state index in [1.54, 1.807) is 0 Å². The summed E-state index contributed by atoms with van der Waals surface area (Å²) in [6, 6.07) is 11.9. The number of rotatable bonds is 2. The minimum Gasteiger partial charge on any atom is -0.307 e. The van der Waals surface area contributed by atoms with Gasteiger partial charge in [-0.15, -0.1) is 0 Å². The van der Waals surface area contributed by atoms with Crippen LogP contribution in [0.25, 0.3) is 10.8 Å². The molecule has 1 aliphatic rings. The van der Waals surface area contributed by atoms with Crippen molar-refractivity contribution in [2.24, 2.45) is 0 Å². The van der Waals surface area contributed by atoms with Crippen LogP contribution in [0, 0.1) is 0 Å². The SMILES string of the molecule is O=C(c1ccc(Br)c2ccccc12)C1CCCCN1. The molecule has 1 saturated heterocycles. The van der Waals surface area contributed by atoms with Crippen molar-refractivity contribution < 1.29 is 4.79 Å². The van der Waals surface area contributed by atoms with Crippen LogP contribution in [-0.2, 0) is 0 Å². The molecule has 0 aromatic heterocycles. The summed E-state index contributed by atoms with van der Waals surface area (Å²) in [4.78, 5) is 12.6. The lowest BCUT2D eigenvalue weighted by molar-refractivity contribution is 0.0929. The van der Waals surface area contributed by atoms with Gasteiger partial charge in [-0.3, -0.25) is 4.79 Å². The second-order valence-electron chi connectivity index (χ2n) is 5.01. The van der Waals surface area contributed by atoms with Crippen LogP contribution in [0.1, 0.15) is 29.6 Å². The third-order valence-corrected chi connectivity index (χ3v) is 4.45. The smallest absolute Gasteiger partial charge is 0.180 e. The second-order valence-corrected chi connectivity index (χ2v) is 5.86. The highest BCUT2D eigenvalue weighted by Crippen LogP contribution is 2.28. The topological polar surface area (TPSA) is 29.1 Å². The fourth-order valence-corrected chi connectivity index (χ4v) is 3.22. The molecule has 3 heteroatoms. The van der Waals surface area contributed by atoms with Crippen molar-refractivity contribution in [1.82, 2.24) is 5.32 Å². The predicted octanol–water partition coefficient (Wildman–Crippen LogP) is 3.93. The Morgan fingerprint density at radius 2 is 1.89 bits per heavy atom. The zero-order valence-corrected chi connectivity index (χ0v) is 12.2. The molecule has 1 fully saturated rings. The van der Waals surface area contributed by atoms with Crippen LogP contribution >= 0.6 is 15.9 Å². The third kappa shape index (κ3) is 2.45. The van der Waals surface area contributed by atoms with Gasteiger partial charge in [0.05, 0.1) is 6.04 Å². The number of hydrogen-bond donors (Lipinski definition) is 1.